The zero-order valence-corrected chi connectivity index (χ0v) is 14.1. The van der Waals surface area contributed by atoms with Crippen molar-refractivity contribution in [2.45, 2.75) is 6.42 Å². The number of halogens is 1. The van der Waals surface area contributed by atoms with Crippen LogP contribution in [0.3, 0.4) is 0 Å². The molecule has 0 fully saturated rings. The second kappa shape index (κ2) is 6.87. The van der Waals surface area contributed by atoms with Gasteiger partial charge in [0, 0.05) is 23.1 Å². The fourth-order valence-corrected chi connectivity index (χ4v) is 2.86. The molecule has 3 N–H and O–H groups in total. The van der Waals surface area contributed by atoms with Crippen LogP contribution in [0.15, 0.2) is 60.9 Å². The van der Waals surface area contributed by atoms with E-state index in [0.717, 1.165) is 11.3 Å². The van der Waals surface area contributed by atoms with Crippen LogP contribution in [0, 0.1) is 5.82 Å². The van der Waals surface area contributed by atoms with E-state index in [1.54, 1.807) is 48.8 Å². The van der Waals surface area contributed by atoms with Crippen molar-refractivity contribution < 1.29 is 14.0 Å². The Kier molecular flexibility index (Phi) is 4.25. The third-order valence-corrected chi connectivity index (χ3v) is 4.19. The highest BCUT2D eigenvalue weighted by Gasteiger charge is 2.19. The Balaban J connectivity index is 1.54. The van der Waals surface area contributed by atoms with Gasteiger partial charge in [0.1, 0.15) is 5.82 Å². The van der Waals surface area contributed by atoms with Gasteiger partial charge < -0.3 is 16.0 Å². The minimum atomic E-state index is -0.329. The summed E-state index contributed by atoms with van der Waals surface area (Å²) in [5, 5.41) is 8.68. The summed E-state index contributed by atoms with van der Waals surface area (Å²) in [6.45, 7) is 0. The van der Waals surface area contributed by atoms with Gasteiger partial charge in [-0.15, -0.1) is 0 Å². The number of rotatable bonds is 4. The molecule has 134 valence electrons. The van der Waals surface area contributed by atoms with E-state index in [1.165, 1.54) is 12.1 Å². The highest BCUT2D eigenvalue weighted by atomic mass is 19.1. The van der Waals surface area contributed by atoms with Crippen LogP contribution >= 0.6 is 0 Å². The standard InChI is InChI=1S/C20H15FN4O2/c21-14-2-4-15(5-3-14)23-18-11-22-8-7-17(18)25-20(27)12-1-6-16-13(9-12)10-19(26)24-16/h1-9,11,23H,10H2,(H,24,26)(H,22,25,27). The van der Waals surface area contributed by atoms with Gasteiger partial charge in [-0.05, 0) is 54.1 Å². The molecule has 2 amide bonds. The topological polar surface area (TPSA) is 83.1 Å². The van der Waals surface area contributed by atoms with Gasteiger partial charge in [-0.2, -0.15) is 0 Å². The second-order valence-corrected chi connectivity index (χ2v) is 6.10. The van der Waals surface area contributed by atoms with E-state index < -0.39 is 0 Å². The largest absolute Gasteiger partial charge is 0.353 e. The molecule has 0 atom stereocenters. The van der Waals surface area contributed by atoms with Crippen molar-refractivity contribution in [2.24, 2.45) is 0 Å². The van der Waals surface area contributed by atoms with E-state index in [0.29, 0.717) is 22.6 Å². The molecule has 7 heteroatoms. The number of carbonyl (C=O) groups excluding carboxylic acids is 2. The number of nitrogens with zero attached hydrogens (tertiary/aromatic N) is 1. The normalized spacial score (nSPS) is 12.3. The van der Waals surface area contributed by atoms with Gasteiger partial charge in [-0.25, -0.2) is 4.39 Å². The molecule has 6 nitrogen and oxygen atoms in total. The number of pyridine rings is 1. The summed E-state index contributed by atoms with van der Waals surface area (Å²) in [5.41, 5.74) is 3.77. The molecule has 1 aliphatic heterocycles. The van der Waals surface area contributed by atoms with E-state index in [2.05, 4.69) is 20.9 Å². The quantitative estimate of drug-likeness (QED) is 0.661. The molecule has 1 aliphatic rings. The van der Waals surface area contributed by atoms with Gasteiger partial charge in [0.15, 0.2) is 0 Å². The second-order valence-electron chi connectivity index (χ2n) is 6.10. The lowest BCUT2D eigenvalue weighted by molar-refractivity contribution is -0.115. The lowest BCUT2D eigenvalue weighted by atomic mass is 10.1. The van der Waals surface area contributed by atoms with Crippen molar-refractivity contribution in [3.63, 3.8) is 0 Å². The predicted molar refractivity (Wildman–Crippen MR) is 101 cm³/mol. The van der Waals surface area contributed by atoms with Crippen molar-refractivity contribution in [1.82, 2.24) is 4.98 Å². The highest BCUT2D eigenvalue weighted by Crippen LogP contribution is 2.27. The summed E-state index contributed by atoms with van der Waals surface area (Å²) < 4.78 is 13.1. The summed E-state index contributed by atoms with van der Waals surface area (Å²) in [6, 6.07) is 12.6. The predicted octanol–water partition coefficient (Wildman–Crippen LogP) is 3.71. The van der Waals surface area contributed by atoms with Crippen LogP contribution < -0.4 is 16.0 Å². The van der Waals surface area contributed by atoms with Crippen molar-refractivity contribution in [1.29, 1.82) is 0 Å². The van der Waals surface area contributed by atoms with Crippen LogP contribution in [-0.4, -0.2) is 16.8 Å². The van der Waals surface area contributed by atoms with Gasteiger partial charge in [0.25, 0.3) is 5.91 Å². The Morgan fingerprint density at radius 3 is 2.70 bits per heavy atom. The maximum atomic E-state index is 13.1. The summed E-state index contributed by atoms with van der Waals surface area (Å²) >= 11 is 0. The Morgan fingerprint density at radius 1 is 1.07 bits per heavy atom. The summed E-state index contributed by atoms with van der Waals surface area (Å²) in [6.07, 6.45) is 3.41. The average molecular weight is 362 g/mol. The maximum Gasteiger partial charge on any atom is 0.255 e. The molecule has 27 heavy (non-hydrogen) atoms. The lowest BCUT2D eigenvalue weighted by Gasteiger charge is -2.13. The van der Waals surface area contributed by atoms with Crippen LogP contribution in [0.2, 0.25) is 0 Å². The molecule has 0 radical (unpaired) electrons. The molecule has 3 aromatic rings. The summed E-state index contributed by atoms with van der Waals surface area (Å²) in [7, 11) is 0. The monoisotopic (exact) mass is 362 g/mol. The van der Waals surface area contributed by atoms with Crippen molar-refractivity contribution in [2.75, 3.05) is 16.0 Å². The molecule has 4 rings (SSSR count). The number of nitrogens with one attached hydrogen (secondary N) is 3. The van der Waals surface area contributed by atoms with Gasteiger partial charge in [-0.3, -0.25) is 14.6 Å². The SMILES string of the molecule is O=C1Cc2cc(C(=O)Nc3ccncc3Nc3ccc(F)cc3)ccc2N1. The molecule has 2 heterocycles. The van der Waals surface area contributed by atoms with Crippen molar-refractivity contribution in [3.05, 3.63) is 77.9 Å². The molecular weight excluding hydrogens is 347 g/mol. The Labute approximate surface area is 154 Å². The van der Waals surface area contributed by atoms with Crippen molar-refractivity contribution >= 4 is 34.6 Å². The van der Waals surface area contributed by atoms with Crippen LogP contribution in [0.1, 0.15) is 15.9 Å². The van der Waals surface area contributed by atoms with E-state index in [4.69, 9.17) is 0 Å². The average Bonchev–Trinajstić information content (AvgIpc) is 3.04. The first-order chi connectivity index (χ1) is 13.1. The molecule has 0 saturated carbocycles. The minimum absolute atomic E-state index is 0.0810. The number of amides is 2. The molecule has 0 bridgehead atoms. The Bertz CT molecular complexity index is 1030. The van der Waals surface area contributed by atoms with Crippen LogP contribution in [0.25, 0.3) is 0 Å². The first-order valence-corrected chi connectivity index (χ1v) is 8.29. The number of aromatic nitrogens is 1. The molecule has 1 aromatic heterocycles. The number of anilines is 4. The van der Waals surface area contributed by atoms with E-state index in [9.17, 15) is 14.0 Å². The fourth-order valence-electron chi connectivity index (χ4n) is 2.86. The van der Waals surface area contributed by atoms with E-state index in [-0.39, 0.29) is 24.1 Å². The first kappa shape index (κ1) is 16.7. The minimum Gasteiger partial charge on any atom is -0.353 e. The highest BCUT2D eigenvalue weighted by molar-refractivity contribution is 6.07. The van der Waals surface area contributed by atoms with Crippen LogP contribution in [-0.2, 0) is 11.2 Å². The Hall–Kier alpha value is -3.74. The summed E-state index contributed by atoms with van der Waals surface area (Å²) in [4.78, 5) is 28.2. The number of hydrogen-bond acceptors (Lipinski definition) is 4. The van der Waals surface area contributed by atoms with Crippen LogP contribution in [0.4, 0.5) is 27.1 Å². The number of hydrogen-bond donors (Lipinski definition) is 3. The lowest BCUT2D eigenvalue weighted by Crippen LogP contribution is -2.13. The first-order valence-electron chi connectivity index (χ1n) is 8.29. The molecule has 0 spiro atoms. The molecule has 0 saturated heterocycles. The van der Waals surface area contributed by atoms with Crippen LogP contribution in [0.5, 0.6) is 0 Å². The molecule has 0 aliphatic carbocycles. The van der Waals surface area contributed by atoms with Crippen molar-refractivity contribution in [3.8, 4) is 0 Å². The van der Waals surface area contributed by atoms with E-state index >= 15 is 0 Å². The maximum absolute atomic E-state index is 13.1. The van der Waals surface area contributed by atoms with Gasteiger partial charge in [0.05, 0.1) is 24.0 Å². The fraction of sp³-hybridized carbons (Fsp3) is 0.0500. The zero-order chi connectivity index (χ0) is 18.8. The molecule has 0 unspecified atom stereocenters. The van der Waals surface area contributed by atoms with E-state index in [1.807, 2.05) is 0 Å². The number of carbonyl (C=O) groups is 2. The molecular formula is C20H15FN4O2. The van der Waals surface area contributed by atoms with Gasteiger partial charge >= 0.3 is 0 Å². The zero-order valence-electron chi connectivity index (χ0n) is 14.1. The Morgan fingerprint density at radius 2 is 1.89 bits per heavy atom. The molecule has 2 aromatic carbocycles. The summed E-state index contributed by atoms with van der Waals surface area (Å²) in [5.74, 6) is -0.710. The van der Waals surface area contributed by atoms with Gasteiger partial charge in [-0.1, -0.05) is 0 Å². The number of benzene rings is 2. The smallest absolute Gasteiger partial charge is 0.255 e. The number of fused-ring (bicyclic) bond motifs is 1. The third-order valence-electron chi connectivity index (χ3n) is 4.19. The van der Waals surface area contributed by atoms with Gasteiger partial charge in [0.2, 0.25) is 5.91 Å². The third kappa shape index (κ3) is 3.62.